The van der Waals surface area contributed by atoms with Crippen molar-refractivity contribution in [3.63, 3.8) is 0 Å². The molecule has 0 amide bonds. The van der Waals surface area contributed by atoms with E-state index in [0.717, 1.165) is 25.0 Å². The Balaban J connectivity index is 2.32. The van der Waals surface area contributed by atoms with Crippen LogP contribution in [0.5, 0.6) is 5.75 Å². The summed E-state index contributed by atoms with van der Waals surface area (Å²) in [6.07, 6.45) is 3.18. The number of fused-ring (bicyclic) bond motifs is 1. The summed E-state index contributed by atoms with van der Waals surface area (Å²) < 4.78 is 5.17. The standard InChI is InChI=1S/C11H13ClO/c1-13-11-5-3-8-2-4-10(12)6-9(8)7-11/h3,5,7,10H,2,4,6H2,1H3/t10-/m0/s1. The minimum absolute atomic E-state index is 0.305. The van der Waals surface area contributed by atoms with Gasteiger partial charge in [-0.1, -0.05) is 6.07 Å². The van der Waals surface area contributed by atoms with Gasteiger partial charge in [-0.3, -0.25) is 0 Å². The summed E-state index contributed by atoms with van der Waals surface area (Å²) >= 11 is 6.10. The summed E-state index contributed by atoms with van der Waals surface area (Å²) in [6, 6.07) is 6.27. The molecule has 2 heteroatoms. The SMILES string of the molecule is COc1ccc2c(c1)C[C@@H](Cl)CC2. The van der Waals surface area contributed by atoms with Crippen LogP contribution in [0.1, 0.15) is 17.5 Å². The topological polar surface area (TPSA) is 9.23 Å². The lowest BCUT2D eigenvalue weighted by Crippen LogP contribution is -2.13. The van der Waals surface area contributed by atoms with Gasteiger partial charge in [0.25, 0.3) is 0 Å². The first-order chi connectivity index (χ1) is 6.29. The molecule has 1 nitrogen and oxygen atoms in total. The maximum atomic E-state index is 6.10. The van der Waals surface area contributed by atoms with Gasteiger partial charge in [-0.05, 0) is 42.5 Å². The van der Waals surface area contributed by atoms with Crippen molar-refractivity contribution >= 4 is 11.6 Å². The molecule has 2 rings (SSSR count). The van der Waals surface area contributed by atoms with E-state index in [-0.39, 0.29) is 0 Å². The van der Waals surface area contributed by atoms with E-state index in [1.165, 1.54) is 11.1 Å². The molecule has 0 heterocycles. The summed E-state index contributed by atoms with van der Waals surface area (Å²) in [5, 5.41) is 0.305. The van der Waals surface area contributed by atoms with Gasteiger partial charge in [-0.15, -0.1) is 11.6 Å². The van der Waals surface area contributed by atoms with Crippen molar-refractivity contribution in [2.45, 2.75) is 24.6 Å². The van der Waals surface area contributed by atoms with Crippen LogP contribution in [-0.2, 0) is 12.8 Å². The molecule has 13 heavy (non-hydrogen) atoms. The van der Waals surface area contributed by atoms with E-state index >= 15 is 0 Å². The lowest BCUT2D eigenvalue weighted by Gasteiger charge is -2.20. The molecule has 0 N–H and O–H groups in total. The number of alkyl halides is 1. The Morgan fingerprint density at radius 1 is 1.38 bits per heavy atom. The number of aryl methyl sites for hydroxylation is 1. The van der Waals surface area contributed by atoms with E-state index in [2.05, 4.69) is 12.1 Å². The van der Waals surface area contributed by atoms with Crippen LogP contribution < -0.4 is 4.74 Å². The van der Waals surface area contributed by atoms with Crippen LogP contribution in [0, 0.1) is 0 Å². The third-order valence-electron chi connectivity index (χ3n) is 2.58. The zero-order valence-electron chi connectivity index (χ0n) is 7.72. The van der Waals surface area contributed by atoms with Gasteiger partial charge in [0.15, 0.2) is 0 Å². The highest BCUT2D eigenvalue weighted by molar-refractivity contribution is 6.20. The van der Waals surface area contributed by atoms with Crippen LogP contribution in [0.25, 0.3) is 0 Å². The Labute approximate surface area is 83.7 Å². The molecule has 0 aliphatic heterocycles. The van der Waals surface area contributed by atoms with Crippen molar-refractivity contribution in [2.24, 2.45) is 0 Å². The van der Waals surface area contributed by atoms with Crippen LogP contribution in [0.2, 0.25) is 0 Å². The smallest absolute Gasteiger partial charge is 0.119 e. The van der Waals surface area contributed by atoms with Gasteiger partial charge in [0, 0.05) is 5.38 Å². The fourth-order valence-corrected chi connectivity index (χ4v) is 2.09. The van der Waals surface area contributed by atoms with Crippen molar-refractivity contribution in [2.75, 3.05) is 7.11 Å². The first-order valence-corrected chi connectivity index (χ1v) is 5.03. The number of rotatable bonds is 1. The Bertz CT molecular complexity index is 309. The second-order valence-corrected chi connectivity index (χ2v) is 4.09. The normalized spacial score (nSPS) is 20.9. The molecular formula is C11H13ClO. The number of hydrogen-bond donors (Lipinski definition) is 0. The molecular weight excluding hydrogens is 184 g/mol. The van der Waals surface area contributed by atoms with Crippen LogP contribution in [0.3, 0.4) is 0 Å². The third kappa shape index (κ3) is 1.80. The minimum atomic E-state index is 0.305. The summed E-state index contributed by atoms with van der Waals surface area (Å²) in [4.78, 5) is 0. The fourth-order valence-electron chi connectivity index (χ4n) is 1.82. The summed E-state index contributed by atoms with van der Waals surface area (Å²) in [5.41, 5.74) is 2.78. The lowest BCUT2D eigenvalue weighted by atomic mass is 9.91. The van der Waals surface area contributed by atoms with E-state index < -0.39 is 0 Å². The van der Waals surface area contributed by atoms with Crippen molar-refractivity contribution in [1.82, 2.24) is 0 Å². The van der Waals surface area contributed by atoms with Crippen molar-refractivity contribution in [3.05, 3.63) is 29.3 Å². The Morgan fingerprint density at radius 3 is 3.00 bits per heavy atom. The van der Waals surface area contributed by atoms with E-state index in [4.69, 9.17) is 16.3 Å². The van der Waals surface area contributed by atoms with E-state index in [1.54, 1.807) is 7.11 Å². The van der Waals surface area contributed by atoms with Crippen LogP contribution in [0.15, 0.2) is 18.2 Å². The van der Waals surface area contributed by atoms with Crippen LogP contribution in [0.4, 0.5) is 0 Å². The highest BCUT2D eigenvalue weighted by Crippen LogP contribution is 2.27. The Hall–Kier alpha value is -0.690. The van der Waals surface area contributed by atoms with Gasteiger partial charge >= 0.3 is 0 Å². The van der Waals surface area contributed by atoms with E-state index in [0.29, 0.717) is 5.38 Å². The molecule has 1 aliphatic carbocycles. The Morgan fingerprint density at radius 2 is 2.23 bits per heavy atom. The number of hydrogen-bond acceptors (Lipinski definition) is 1. The first kappa shape index (κ1) is 8.89. The minimum Gasteiger partial charge on any atom is -0.497 e. The molecule has 0 aromatic heterocycles. The van der Waals surface area contributed by atoms with Crippen molar-refractivity contribution < 1.29 is 4.74 Å². The van der Waals surface area contributed by atoms with Gasteiger partial charge in [0.05, 0.1) is 7.11 Å². The van der Waals surface area contributed by atoms with Gasteiger partial charge in [-0.2, -0.15) is 0 Å². The number of ether oxygens (including phenoxy) is 1. The molecule has 1 aromatic carbocycles. The molecule has 1 aromatic rings. The van der Waals surface area contributed by atoms with Gasteiger partial charge < -0.3 is 4.74 Å². The summed E-state index contributed by atoms with van der Waals surface area (Å²) in [7, 11) is 1.70. The predicted molar refractivity (Wildman–Crippen MR) is 54.7 cm³/mol. The first-order valence-electron chi connectivity index (χ1n) is 4.59. The lowest BCUT2D eigenvalue weighted by molar-refractivity contribution is 0.413. The highest BCUT2D eigenvalue weighted by atomic mass is 35.5. The molecule has 1 aliphatic rings. The molecule has 0 radical (unpaired) electrons. The van der Waals surface area contributed by atoms with E-state index in [9.17, 15) is 0 Å². The zero-order chi connectivity index (χ0) is 9.26. The largest absolute Gasteiger partial charge is 0.497 e. The zero-order valence-corrected chi connectivity index (χ0v) is 8.47. The molecule has 0 bridgehead atoms. The second-order valence-electron chi connectivity index (χ2n) is 3.47. The number of benzene rings is 1. The van der Waals surface area contributed by atoms with E-state index in [1.807, 2.05) is 6.07 Å². The van der Waals surface area contributed by atoms with Crippen LogP contribution in [-0.4, -0.2) is 12.5 Å². The summed E-state index contributed by atoms with van der Waals surface area (Å²) in [5.74, 6) is 0.935. The summed E-state index contributed by atoms with van der Waals surface area (Å²) in [6.45, 7) is 0. The molecule has 70 valence electrons. The average molecular weight is 197 g/mol. The maximum Gasteiger partial charge on any atom is 0.119 e. The molecule has 0 fully saturated rings. The molecule has 0 saturated carbocycles. The Kier molecular flexibility index (Phi) is 2.45. The van der Waals surface area contributed by atoms with Gasteiger partial charge in [0.1, 0.15) is 5.75 Å². The van der Waals surface area contributed by atoms with Crippen LogP contribution >= 0.6 is 11.6 Å². The second kappa shape index (κ2) is 3.59. The fraction of sp³-hybridized carbons (Fsp3) is 0.455. The average Bonchev–Trinajstić information content (AvgIpc) is 2.16. The molecule has 0 saturated heterocycles. The predicted octanol–water partition coefficient (Wildman–Crippen LogP) is 2.79. The number of halogens is 1. The van der Waals surface area contributed by atoms with Gasteiger partial charge in [0.2, 0.25) is 0 Å². The van der Waals surface area contributed by atoms with Crippen molar-refractivity contribution in [3.8, 4) is 5.75 Å². The van der Waals surface area contributed by atoms with Gasteiger partial charge in [-0.25, -0.2) is 0 Å². The molecule has 1 atom stereocenters. The number of methoxy groups -OCH3 is 1. The molecule has 0 unspecified atom stereocenters. The monoisotopic (exact) mass is 196 g/mol. The maximum absolute atomic E-state index is 6.10. The molecule has 0 spiro atoms. The van der Waals surface area contributed by atoms with Crippen molar-refractivity contribution in [1.29, 1.82) is 0 Å². The third-order valence-corrected chi connectivity index (χ3v) is 2.95. The quantitative estimate of drug-likeness (QED) is 0.628. The highest BCUT2D eigenvalue weighted by Gasteiger charge is 2.16.